The molecule has 136 valence electrons. The Morgan fingerprint density at radius 3 is 1.91 bits per heavy atom. The molecule has 0 aliphatic carbocycles. The summed E-state index contributed by atoms with van der Waals surface area (Å²) in [5.41, 5.74) is -0.0405. The number of carbonyl (C=O) groups excluding carboxylic acids is 2. The summed E-state index contributed by atoms with van der Waals surface area (Å²) >= 11 is 0. The maximum absolute atomic E-state index is 12.5. The van der Waals surface area contributed by atoms with Crippen LogP contribution in [-0.2, 0) is 19.1 Å². The van der Waals surface area contributed by atoms with Crippen LogP contribution in [0, 0.1) is 5.41 Å². The van der Waals surface area contributed by atoms with Crippen LogP contribution < -0.4 is 0 Å². The van der Waals surface area contributed by atoms with Gasteiger partial charge in [0, 0.05) is 6.42 Å². The second kappa shape index (κ2) is 8.44. The van der Waals surface area contributed by atoms with Crippen molar-refractivity contribution in [3.8, 4) is 0 Å². The molecule has 0 atom stereocenters. The van der Waals surface area contributed by atoms with E-state index in [0.29, 0.717) is 6.42 Å². The minimum atomic E-state index is -5.79. The number of carbonyl (C=O) groups is 2. The fraction of sp³-hybridized carbons (Fsp3) is 0.857. The van der Waals surface area contributed by atoms with Gasteiger partial charge in [-0.15, -0.1) is 0 Å². The highest BCUT2D eigenvalue weighted by atomic mass is 19.4. The number of halogens is 5. The van der Waals surface area contributed by atoms with E-state index in [1.54, 1.807) is 0 Å². The fourth-order valence-corrected chi connectivity index (χ4v) is 1.26. The lowest BCUT2D eigenvalue weighted by atomic mass is 9.85. The van der Waals surface area contributed by atoms with Crippen molar-refractivity contribution in [1.82, 2.24) is 0 Å². The third-order valence-corrected chi connectivity index (χ3v) is 3.36. The lowest BCUT2D eigenvalue weighted by molar-refractivity contribution is -0.294. The lowest BCUT2D eigenvalue weighted by Gasteiger charge is -2.21. The highest BCUT2D eigenvalue weighted by molar-refractivity contribution is 5.71. The first-order valence-corrected chi connectivity index (χ1v) is 7.06. The minimum absolute atomic E-state index is 0.0405. The van der Waals surface area contributed by atoms with E-state index in [9.17, 15) is 31.5 Å². The van der Waals surface area contributed by atoms with Crippen molar-refractivity contribution in [3.05, 3.63) is 0 Å². The summed E-state index contributed by atoms with van der Waals surface area (Å²) in [6.45, 7) is 3.39. The molecule has 0 rings (SSSR count). The molecular weight excluding hydrogens is 327 g/mol. The van der Waals surface area contributed by atoms with Gasteiger partial charge >= 0.3 is 24.0 Å². The number of alkyl halides is 5. The summed E-state index contributed by atoms with van der Waals surface area (Å²) in [4.78, 5) is 22.4. The maximum atomic E-state index is 12.5. The molecule has 0 aromatic carbocycles. The van der Waals surface area contributed by atoms with Crippen LogP contribution in [0.1, 0.15) is 46.5 Å². The van der Waals surface area contributed by atoms with Crippen LogP contribution >= 0.6 is 0 Å². The van der Waals surface area contributed by atoms with Crippen LogP contribution in [0.25, 0.3) is 0 Å². The van der Waals surface area contributed by atoms with E-state index in [1.165, 1.54) is 0 Å². The standard InChI is InChI=1S/C14H21F5O4/c1-4-12(2,3)7-5-10(20)22-8-6-11(21)23-9-13(15,16)14(17,18)19/h4-9H2,1-3H3. The summed E-state index contributed by atoms with van der Waals surface area (Å²) < 4.78 is 69.1. The van der Waals surface area contributed by atoms with Crippen LogP contribution in [0.4, 0.5) is 22.0 Å². The molecule has 0 spiro atoms. The van der Waals surface area contributed by atoms with Gasteiger partial charge in [0.05, 0.1) is 6.42 Å². The van der Waals surface area contributed by atoms with Crippen LogP contribution in [-0.4, -0.2) is 37.3 Å². The molecule has 0 fully saturated rings. The zero-order chi connectivity index (χ0) is 18.3. The molecule has 0 bridgehead atoms. The third-order valence-electron chi connectivity index (χ3n) is 3.36. The summed E-state index contributed by atoms with van der Waals surface area (Å²) in [6.07, 6.45) is -4.81. The largest absolute Gasteiger partial charge is 0.465 e. The van der Waals surface area contributed by atoms with Crippen molar-refractivity contribution >= 4 is 11.9 Å². The second-order valence-corrected chi connectivity index (χ2v) is 5.85. The van der Waals surface area contributed by atoms with Crippen molar-refractivity contribution in [2.45, 2.75) is 58.6 Å². The average molecular weight is 348 g/mol. The van der Waals surface area contributed by atoms with E-state index in [-0.39, 0.29) is 11.8 Å². The topological polar surface area (TPSA) is 52.6 Å². The van der Waals surface area contributed by atoms with Crippen molar-refractivity contribution < 1.29 is 41.0 Å². The SMILES string of the molecule is CCC(C)(C)CCC(=O)OCCC(=O)OCC(F)(F)C(F)(F)F. The number of hydrogen-bond donors (Lipinski definition) is 0. The summed E-state index contributed by atoms with van der Waals surface area (Å²) in [5.74, 6) is -6.97. The zero-order valence-corrected chi connectivity index (χ0v) is 13.3. The van der Waals surface area contributed by atoms with E-state index in [4.69, 9.17) is 4.74 Å². The average Bonchev–Trinajstić information content (AvgIpc) is 2.42. The van der Waals surface area contributed by atoms with E-state index in [1.807, 2.05) is 20.8 Å². The Kier molecular flexibility index (Phi) is 7.93. The van der Waals surface area contributed by atoms with Gasteiger partial charge in [-0.1, -0.05) is 27.2 Å². The maximum Gasteiger partial charge on any atom is 0.456 e. The first-order valence-electron chi connectivity index (χ1n) is 7.06. The van der Waals surface area contributed by atoms with Crippen LogP contribution in [0.5, 0.6) is 0 Å². The highest BCUT2D eigenvalue weighted by Crippen LogP contribution is 2.35. The predicted molar refractivity (Wildman–Crippen MR) is 70.8 cm³/mol. The van der Waals surface area contributed by atoms with E-state index < -0.39 is 43.7 Å². The molecule has 4 nitrogen and oxygen atoms in total. The molecule has 0 aliphatic rings. The van der Waals surface area contributed by atoms with Gasteiger partial charge in [0.1, 0.15) is 6.61 Å². The van der Waals surface area contributed by atoms with Gasteiger partial charge in [-0.3, -0.25) is 9.59 Å². The number of hydrogen-bond acceptors (Lipinski definition) is 4. The van der Waals surface area contributed by atoms with Gasteiger partial charge in [-0.05, 0) is 11.8 Å². The summed E-state index contributed by atoms with van der Waals surface area (Å²) in [7, 11) is 0. The Bertz CT molecular complexity index is 404. The van der Waals surface area contributed by atoms with Gasteiger partial charge in [0.2, 0.25) is 0 Å². The van der Waals surface area contributed by atoms with Crippen molar-refractivity contribution in [2.75, 3.05) is 13.2 Å². The fourth-order valence-electron chi connectivity index (χ4n) is 1.26. The van der Waals surface area contributed by atoms with Gasteiger partial charge < -0.3 is 9.47 Å². The Morgan fingerprint density at radius 1 is 0.913 bits per heavy atom. The quantitative estimate of drug-likeness (QED) is 0.469. The monoisotopic (exact) mass is 348 g/mol. The molecule has 0 aromatic heterocycles. The molecule has 0 heterocycles. The van der Waals surface area contributed by atoms with E-state index in [2.05, 4.69) is 4.74 Å². The highest BCUT2D eigenvalue weighted by Gasteiger charge is 2.58. The molecule has 0 aromatic rings. The van der Waals surface area contributed by atoms with Crippen molar-refractivity contribution in [3.63, 3.8) is 0 Å². The molecule has 23 heavy (non-hydrogen) atoms. The first-order chi connectivity index (χ1) is 10.3. The van der Waals surface area contributed by atoms with Crippen LogP contribution in [0.15, 0.2) is 0 Å². The van der Waals surface area contributed by atoms with E-state index in [0.717, 1.165) is 6.42 Å². The van der Waals surface area contributed by atoms with Gasteiger partial charge in [0.25, 0.3) is 0 Å². The Labute approximate surface area is 131 Å². The van der Waals surface area contributed by atoms with Crippen molar-refractivity contribution in [2.24, 2.45) is 5.41 Å². The molecule has 0 aliphatic heterocycles. The first kappa shape index (κ1) is 21.6. The number of rotatable bonds is 9. The van der Waals surface area contributed by atoms with Crippen molar-refractivity contribution in [1.29, 1.82) is 0 Å². The molecule has 0 unspecified atom stereocenters. The molecule has 0 saturated carbocycles. The second-order valence-electron chi connectivity index (χ2n) is 5.85. The molecular formula is C14H21F5O4. The van der Waals surface area contributed by atoms with Crippen LogP contribution in [0.2, 0.25) is 0 Å². The molecule has 9 heteroatoms. The molecule has 0 amide bonds. The molecule has 0 radical (unpaired) electrons. The number of ether oxygens (including phenoxy) is 2. The smallest absolute Gasteiger partial charge is 0.456 e. The Morgan fingerprint density at radius 2 is 1.43 bits per heavy atom. The van der Waals surface area contributed by atoms with Gasteiger partial charge in [0.15, 0.2) is 6.61 Å². The van der Waals surface area contributed by atoms with E-state index >= 15 is 0 Å². The predicted octanol–water partition coefficient (Wildman–Crippen LogP) is 3.88. The Balaban J connectivity index is 3.98. The zero-order valence-electron chi connectivity index (χ0n) is 13.3. The summed E-state index contributed by atoms with van der Waals surface area (Å²) in [6, 6.07) is 0. The normalized spacial score (nSPS) is 12.9. The summed E-state index contributed by atoms with van der Waals surface area (Å²) in [5, 5.41) is 0. The minimum Gasteiger partial charge on any atom is -0.465 e. The molecule has 0 saturated heterocycles. The van der Waals surface area contributed by atoms with Crippen LogP contribution in [0.3, 0.4) is 0 Å². The molecule has 0 N–H and O–H groups in total. The number of esters is 2. The third kappa shape index (κ3) is 8.71. The lowest BCUT2D eigenvalue weighted by Crippen LogP contribution is -2.41. The van der Waals surface area contributed by atoms with Gasteiger partial charge in [-0.25, -0.2) is 0 Å². The Hall–Kier alpha value is -1.41. The van der Waals surface area contributed by atoms with Gasteiger partial charge in [-0.2, -0.15) is 22.0 Å².